The van der Waals surface area contributed by atoms with Gasteiger partial charge in [0.15, 0.2) is 0 Å². The molecule has 0 atom stereocenters. The lowest BCUT2D eigenvalue weighted by molar-refractivity contribution is -0.404. The van der Waals surface area contributed by atoms with E-state index in [4.69, 9.17) is 11.6 Å². The number of ether oxygens (including phenoxy) is 1. The zero-order valence-electron chi connectivity index (χ0n) is 8.64. The van der Waals surface area contributed by atoms with Gasteiger partial charge in [0.2, 0.25) is 0 Å². The number of benzene rings is 1. The molecule has 0 radical (unpaired) electrons. The zero-order valence-corrected chi connectivity index (χ0v) is 9.40. The van der Waals surface area contributed by atoms with Crippen LogP contribution in [0.4, 0.5) is 21.9 Å². The average Bonchev–Trinajstić information content (AvgIpc) is 2.27. The van der Waals surface area contributed by atoms with E-state index in [1.807, 2.05) is 0 Å². The molecule has 0 saturated carbocycles. The molecule has 1 rings (SSSR count). The summed E-state index contributed by atoms with van der Waals surface area (Å²) in [6.07, 6.45) is 0. The summed E-state index contributed by atoms with van der Waals surface area (Å²) in [6.45, 7) is 0. The molecule has 0 aliphatic rings. The number of hydrogen-bond donors (Lipinski definition) is 0. The van der Waals surface area contributed by atoms with Crippen LogP contribution in [0, 0.1) is 30.3 Å². The predicted molar refractivity (Wildman–Crippen MR) is 58.3 cm³/mol. The summed E-state index contributed by atoms with van der Waals surface area (Å²) in [5.74, 6) is -1.07. The molecule has 0 saturated heterocycles. The van der Waals surface area contributed by atoms with Crippen LogP contribution in [0.3, 0.4) is 0 Å². The first-order chi connectivity index (χ1) is 8.73. The lowest BCUT2D eigenvalue weighted by Gasteiger charge is -2.02. The second-order valence-corrected chi connectivity index (χ2v) is 3.23. The van der Waals surface area contributed by atoms with Gasteiger partial charge >= 0.3 is 16.8 Å². The number of nitro benzene ring substituents is 3. The van der Waals surface area contributed by atoms with Gasteiger partial charge in [-0.25, -0.2) is 4.79 Å². The van der Waals surface area contributed by atoms with E-state index in [-0.39, 0.29) is 0 Å². The molecule has 0 N–H and O–H groups in total. The van der Waals surface area contributed by atoms with Crippen molar-refractivity contribution in [1.82, 2.24) is 0 Å². The third-order valence-corrected chi connectivity index (χ3v) is 1.90. The van der Waals surface area contributed by atoms with Gasteiger partial charge in [-0.1, -0.05) is 0 Å². The Morgan fingerprint density at radius 2 is 1.42 bits per heavy atom. The van der Waals surface area contributed by atoms with Crippen LogP contribution in [0.5, 0.6) is 5.75 Å². The molecule has 1 aromatic carbocycles. The largest absolute Gasteiger partial charge is 0.409 e. The fourth-order valence-electron chi connectivity index (χ4n) is 1.15. The predicted octanol–water partition coefficient (Wildman–Crippen LogP) is 2.15. The average molecular weight is 292 g/mol. The van der Waals surface area contributed by atoms with Crippen molar-refractivity contribution < 1.29 is 24.3 Å². The quantitative estimate of drug-likeness (QED) is 0.464. The minimum atomic E-state index is -1.56. The van der Waals surface area contributed by atoms with Crippen molar-refractivity contribution in [2.45, 2.75) is 0 Å². The van der Waals surface area contributed by atoms with Gasteiger partial charge in [-0.15, -0.1) is 0 Å². The fraction of sp³-hybridized carbons (Fsp3) is 0. The van der Waals surface area contributed by atoms with Crippen molar-refractivity contribution in [3.63, 3.8) is 0 Å². The van der Waals surface area contributed by atoms with Crippen LogP contribution < -0.4 is 4.74 Å². The first-order valence-electron chi connectivity index (χ1n) is 4.22. The van der Waals surface area contributed by atoms with Crippen molar-refractivity contribution in [1.29, 1.82) is 0 Å². The maximum atomic E-state index is 10.7. The summed E-state index contributed by atoms with van der Waals surface area (Å²) in [4.78, 5) is 39.0. The second-order valence-electron chi connectivity index (χ2n) is 2.92. The molecule has 0 fully saturated rings. The Bertz CT molecular complexity index is 565. The van der Waals surface area contributed by atoms with Crippen molar-refractivity contribution in [2.24, 2.45) is 0 Å². The Hall–Kier alpha value is -2.82. The Morgan fingerprint density at radius 1 is 1.00 bits per heavy atom. The van der Waals surface area contributed by atoms with Crippen LogP contribution >= 0.6 is 11.6 Å². The van der Waals surface area contributed by atoms with Gasteiger partial charge in [-0.3, -0.25) is 30.3 Å². The van der Waals surface area contributed by atoms with Gasteiger partial charge in [0.25, 0.3) is 11.4 Å². The fourth-order valence-corrected chi connectivity index (χ4v) is 1.22. The molecule has 19 heavy (non-hydrogen) atoms. The molecule has 0 aliphatic carbocycles. The molecule has 0 aromatic heterocycles. The minimum Gasteiger partial charge on any atom is -0.400 e. The monoisotopic (exact) mass is 291 g/mol. The molecule has 0 bridgehead atoms. The van der Waals surface area contributed by atoms with E-state index in [0.717, 1.165) is 0 Å². The van der Waals surface area contributed by atoms with Crippen LogP contribution in [-0.2, 0) is 0 Å². The minimum absolute atomic E-state index is 0.419. The maximum absolute atomic E-state index is 10.7. The Morgan fingerprint density at radius 3 is 1.68 bits per heavy atom. The lowest BCUT2D eigenvalue weighted by atomic mass is 10.2. The van der Waals surface area contributed by atoms with Crippen LogP contribution in [0.15, 0.2) is 12.1 Å². The Balaban J connectivity index is 3.64. The van der Waals surface area contributed by atoms with Crippen molar-refractivity contribution in [3.8, 4) is 5.75 Å². The highest BCUT2D eigenvalue weighted by atomic mass is 35.5. The highest BCUT2D eigenvalue weighted by Gasteiger charge is 2.33. The molecule has 11 nitrogen and oxygen atoms in total. The first-order valence-corrected chi connectivity index (χ1v) is 4.60. The van der Waals surface area contributed by atoms with E-state index >= 15 is 0 Å². The van der Waals surface area contributed by atoms with Crippen molar-refractivity contribution >= 4 is 34.1 Å². The lowest BCUT2D eigenvalue weighted by Crippen LogP contribution is -2.05. The molecule has 0 amide bonds. The SMILES string of the molecule is O=C(Cl)Oc1c([N+](=O)[O-])cc([N+](=O)[O-])cc1[N+](=O)[O-]. The number of nitrogens with zero attached hydrogens (tertiary/aromatic N) is 3. The molecule has 0 unspecified atom stereocenters. The highest BCUT2D eigenvalue weighted by molar-refractivity contribution is 6.61. The molecule has 1 aromatic rings. The number of rotatable bonds is 4. The maximum Gasteiger partial charge on any atom is 0.409 e. The van der Waals surface area contributed by atoms with E-state index in [1.165, 1.54) is 0 Å². The number of halogens is 1. The summed E-state index contributed by atoms with van der Waals surface area (Å²) in [5, 5.41) is 31.9. The molecule has 0 heterocycles. The van der Waals surface area contributed by atoms with Crippen molar-refractivity contribution in [2.75, 3.05) is 0 Å². The summed E-state index contributed by atoms with van der Waals surface area (Å²) in [7, 11) is 0. The van der Waals surface area contributed by atoms with Gasteiger partial charge in [-0.05, 0) is 0 Å². The van der Waals surface area contributed by atoms with E-state index in [2.05, 4.69) is 4.74 Å². The topological polar surface area (TPSA) is 156 Å². The van der Waals surface area contributed by atoms with Gasteiger partial charge < -0.3 is 4.74 Å². The number of carbonyl (C=O) groups excluding carboxylic acids is 1. The molecule has 0 aliphatic heterocycles. The summed E-state index contributed by atoms with van der Waals surface area (Å²) >= 11 is 4.83. The number of carbonyl (C=O) groups is 1. The smallest absolute Gasteiger partial charge is 0.400 e. The van der Waals surface area contributed by atoms with Crippen LogP contribution in [0.1, 0.15) is 0 Å². The summed E-state index contributed by atoms with van der Waals surface area (Å²) < 4.78 is 4.15. The normalized spacial score (nSPS) is 9.74. The third kappa shape index (κ3) is 3.10. The molecule has 12 heteroatoms. The van der Waals surface area contributed by atoms with Crippen LogP contribution in [0.25, 0.3) is 0 Å². The standard InChI is InChI=1S/C7H2ClN3O8/c8-7(12)19-6-4(10(15)16)1-3(9(13)14)2-5(6)11(17)18/h1-2H. The Kier molecular flexibility index (Phi) is 3.91. The highest BCUT2D eigenvalue weighted by Crippen LogP contribution is 2.40. The number of non-ortho nitro benzene ring substituents is 1. The van der Waals surface area contributed by atoms with Crippen LogP contribution in [0.2, 0.25) is 0 Å². The number of nitro groups is 3. The summed E-state index contributed by atoms with van der Waals surface area (Å²) in [5.41, 5.74) is -4.68. The van der Waals surface area contributed by atoms with E-state index in [0.29, 0.717) is 12.1 Å². The molecular weight excluding hydrogens is 290 g/mol. The van der Waals surface area contributed by atoms with Crippen molar-refractivity contribution in [3.05, 3.63) is 42.5 Å². The van der Waals surface area contributed by atoms with E-state index in [1.54, 1.807) is 0 Å². The summed E-state index contributed by atoms with van der Waals surface area (Å²) in [6, 6.07) is 0.838. The molecule has 100 valence electrons. The van der Waals surface area contributed by atoms with Gasteiger partial charge in [-0.2, -0.15) is 0 Å². The first kappa shape index (κ1) is 14.2. The van der Waals surface area contributed by atoms with Gasteiger partial charge in [0.1, 0.15) is 0 Å². The third-order valence-electron chi connectivity index (χ3n) is 1.82. The molecular formula is C7H2ClN3O8. The second kappa shape index (κ2) is 5.22. The van der Waals surface area contributed by atoms with E-state index in [9.17, 15) is 35.1 Å². The van der Waals surface area contributed by atoms with Gasteiger partial charge in [0.05, 0.1) is 26.9 Å². The molecule has 0 spiro atoms. The van der Waals surface area contributed by atoms with E-state index < -0.39 is 43.0 Å². The zero-order chi connectivity index (χ0) is 14.7. The number of hydrogen-bond acceptors (Lipinski definition) is 8. The van der Waals surface area contributed by atoms with Gasteiger partial charge in [0, 0.05) is 11.6 Å². The Labute approximate surface area is 107 Å². The van der Waals surface area contributed by atoms with Crippen LogP contribution in [-0.4, -0.2) is 20.2 Å².